The lowest BCUT2D eigenvalue weighted by molar-refractivity contribution is 0.675. The van der Waals surface area contributed by atoms with Crippen LogP contribution in [0.2, 0.25) is 10.0 Å². The van der Waals surface area contributed by atoms with Gasteiger partial charge in [0, 0.05) is 21.4 Å². The van der Waals surface area contributed by atoms with Gasteiger partial charge in [0.1, 0.15) is 0 Å². The van der Waals surface area contributed by atoms with Gasteiger partial charge in [-0.25, -0.2) is 0 Å². The van der Waals surface area contributed by atoms with Crippen molar-refractivity contribution >= 4 is 35.0 Å². The predicted molar refractivity (Wildman–Crippen MR) is 89.0 cm³/mol. The van der Waals surface area contributed by atoms with Crippen LogP contribution in [0.3, 0.4) is 0 Å². The van der Waals surface area contributed by atoms with Crippen molar-refractivity contribution in [3.05, 3.63) is 58.1 Å². The molecule has 0 atom stereocenters. The molecule has 0 aromatic heterocycles. The minimum Gasteiger partial charge on any atom is -0.313 e. The van der Waals surface area contributed by atoms with Crippen LogP contribution in [0.1, 0.15) is 18.9 Å². The maximum absolute atomic E-state index is 6.35. The first-order valence-electron chi connectivity index (χ1n) is 6.61. The van der Waals surface area contributed by atoms with E-state index in [1.807, 2.05) is 30.3 Å². The number of halogens is 2. The minimum absolute atomic E-state index is 0.748. The van der Waals surface area contributed by atoms with E-state index in [0.29, 0.717) is 0 Å². The van der Waals surface area contributed by atoms with Gasteiger partial charge in [-0.3, -0.25) is 0 Å². The lowest BCUT2D eigenvalue weighted by atomic mass is 10.2. The molecule has 0 saturated carbocycles. The summed E-state index contributed by atoms with van der Waals surface area (Å²) in [6, 6.07) is 14.0. The highest BCUT2D eigenvalue weighted by Crippen LogP contribution is 2.34. The highest BCUT2D eigenvalue weighted by Gasteiger charge is 2.04. The predicted octanol–water partition coefficient (Wildman–Crippen LogP) is 5.64. The number of hydrogen-bond acceptors (Lipinski definition) is 2. The zero-order valence-electron chi connectivity index (χ0n) is 11.3. The van der Waals surface area contributed by atoms with E-state index in [1.165, 1.54) is 5.56 Å². The average molecular weight is 326 g/mol. The normalized spacial score (nSPS) is 10.8. The SMILES string of the molecule is CCCNCc1ccc(Sc2ccc(Cl)cc2)c(Cl)c1. The Bertz CT molecular complexity index is 555. The fourth-order valence-electron chi connectivity index (χ4n) is 1.78. The zero-order chi connectivity index (χ0) is 14.4. The molecule has 2 aromatic rings. The molecule has 2 rings (SSSR count). The molecule has 0 spiro atoms. The van der Waals surface area contributed by atoms with Gasteiger partial charge in [0.25, 0.3) is 0 Å². The summed E-state index contributed by atoms with van der Waals surface area (Å²) < 4.78 is 0. The van der Waals surface area contributed by atoms with Gasteiger partial charge in [-0.05, 0) is 54.9 Å². The van der Waals surface area contributed by atoms with Crippen LogP contribution in [0.5, 0.6) is 0 Å². The molecule has 0 heterocycles. The summed E-state index contributed by atoms with van der Waals surface area (Å²) in [5, 5.41) is 4.91. The molecule has 0 aliphatic carbocycles. The van der Waals surface area contributed by atoms with Crippen molar-refractivity contribution in [3.8, 4) is 0 Å². The van der Waals surface area contributed by atoms with Gasteiger partial charge in [0.05, 0.1) is 5.02 Å². The van der Waals surface area contributed by atoms with Crippen molar-refractivity contribution < 1.29 is 0 Å². The second kappa shape index (κ2) is 7.94. The first-order chi connectivity index (χ1) is 9.69. The topological polar surface area (TPSA) is 12.0 Å². The highest BCUT2D eigenvalue weighted by molar-refractivity contribution is 7.99. The molecule has 1 N–H and O–H groups in total. The maximum Gasteiger partial charge on any atom is 0.0548 e. The van der Waals surface area contributed by atoms with Gasteiger partial charge < -0.3 is 5.32 Å². The summed E-state index contributed by atoms with van der Waals surface area (Å²) in [5.74, 6) is 0. The van der Waals surface area contributed by atoms with Crippen molar-refractivity contribution in [1.29, 1.82) is 0 Å². The van der Waals surface area contributed by atoms with E-state index < -0.39 is 0 Å². The largest absolute Gasteiger partial charge is 0.313 e. The fraction of sp³-hybridized carbons (Fsp3) is 0.250. The molecule has 0 bridgehead atoms. The van der Waals surface area contributed by atoms with Crippen molar-refractivity contribution in [2.24, 2.45) is 0 Å². The van der Waals surface area contributed by atoms with Gasteiger partial charge in [-0.15, -0.1) is 0 Å². The number of benzene rings is 2. The summed E-state index contributed by atoms with van der Waals surface area (Å²) in [5.41, 5.74) is 1.21. The molecule has 0 amide bonds. The molecule has 20 heavy (non-hydrogen) atoms. The Kier molecular flexibility index (Phi) is 6.24. The van der Waals surface area contributed by atoms with Crippen molar-refractivity contribution in [2.75, 3.05) is 6.54 Å². The summed E-state index contributed by atoms with van der Waals surface area (Å²) in [4.78, 5) is 2.20. The second-order valence-corrected chi connectivity index (χ2v) is 6.46. The quantitative estimate of drug-likeness (QED) is 0.689. The molecule has 0 fully saturated rings. The maximum atomic E-state index is 6.35. The third-order valence-electron chi connectivity index (χ3n) is 2.79. The Hall–Kier alpha value is -0.670. The first-order valence-corrected chi connectivity index (χ1v) is 8.19. The van der Waals surface area contributed by atoms with E-state index in [4.69, 9.17) is 23.2 Å². The van der Waals surface area contributed by atoms with Gasteiger partial charge in [0.2, 0.25) is 0 Å². The van der Waals surface area contributed by atoms with Crippen LogP contribution in [-0.4, -0.2) is 6.54 Å². The smallest absolute Gasteiger partial charge is 0.0548 e. The molecule has 0 aliphatic heterocycles. The molecular weight excluding hydrogens is 309 g/mol. The molecule has 0 aliphatic rings. The molecule has 106 valence electrons. The summed E-state index contributed by atoms with van der Waals surface area (Å²) in [6.07, 6.45) is 1.14. The van der Waals surface area contributed by atoms with Crippen LogP contribution in [0.4, 0.5) is 0 Å². The van der Waals surface area contributed by atoms with E-state index in [-0.39, 0.29) is 0 Å². The Morgan fingerprint density at radius 1 is 1.05 bits per heavy atom. The van der Waals surface area contributed by atoms with Gasteiger partial charge in [0.15, 0.2) is 0 Å². The minimum atomic E-state index is 0.748. The molecular formula is C16H17Cl2NS. The summed E-state index contributed by atoms with van der Waals surface area (Å²) in [6.45, 7) is 4.05. The van der Waals surface area contributed by atoms with Crippen LogP contribution in [0, 0.1) is 0 Å². The fourth-order valence-corrected chi connectivity index (χ4v) is 3.04. The molecule has 4 heteroatoms. The van der Waals surface area contributed by atoms with E-state index in [2.05, 4.69) is 24.4 Å². The lowest BCUT2D eigenvalue weighted by Gasteiger charge is -2.08. The molecule has 0 unspecified atom stereocenters. The Balaban J connectivity index is 2.03. The Labute approximate surface area is 134 Å². The van der Waals surface area contributed by atoms with Crippen molar-refractivity contribution in [1.82, 2.24) is 5.32 Å². The van der Waals surface area contributed by atoms with E-state index in [9.17, 15) is 0 Å². The van der Waals surface area contributed by atoms with Crippen LogP contribution in [-0.2, 0) is 6.54 Å². The molecule has 0 radical (unpaired) electrons. The van der Waals surface area contributed by atoms with Gasteiger partial charge in [-0.1, -0.05) is 48.0 Å². The third-order valence-corrected chi connectivity index (χ3v) is 4.55. The average Bonchev–Trinajstić information content (AvgIpc) is 2.44. The van der Waals surface area contributed by atoms with E-state index in [0.717, 1.165) is 39.3 Å². The zero-order valence-corrected chi connectivity index (χ0v) is 13.7. The van der Waals surface area contributed by atoms with E-state index >= 15 is 0 Å². The molecule has 0 saturated heterocycles. The number of hydrogen-bond donors (Lipinski definition) is 1. The van der Waals surface area contributed by atoms with Crippen molar-refractivity contribution in [3.63, 3.8) is 0 Å². The standard InChI is InChI=1S/C16H17Cl2NS/c1-2-9-19-11-12-3-8-16(15(18)10-12)20-14-6-4-13(17)5-7-14/h3-8,10,19H,2,9,11H2,1H3. The van der Waals surface area contributed by atoms with Crippen LogP contribution in [0.25, 0.3) is 0 Å². The second-order valence-electron chi connectivity index (χ2n) is 4.50. The number of rotatable bonds is 6. The van der Waals surface area contributed by atoms with E-state index in [1.54, 1.807) is 11.8 Å². The highest BCUT2D eigenvalue weighted by atomic mass is 35.5. The summed E-state index contributed by atoms with van der Waals surface area (Å²) in [7, 11) is 0. The van der Waals surface area contributed by atoms with Crippen molar-refractivity contribution in [2.45, 2.75) is 29.7 Å². The van der Waals surface area contributed by atoms with Crippen LogP contribution >= 0.6 is 35.0 Å². The van der Waals surface area contributed by atoms with Crippen LogP contribution < -0.4 is 5.32 Å². The third kappa shape index (κ3) is 4.71. The monoisotopic (exact) mass is 325 g/mol. The van der Waals surface area contributed by atoms with Gasteiger partial charge in [-0.2, -0.15) is 0 Å². The molecule has 2 aromatic carbocycles. The summed E-state index contributed by atoms with van der Waals surface area (Å²) >= 11 is 13.9. The number of nitrogens with one attached hydrogen (secondary N) is 1. The van der Waals surface area contributed by atoms with Gasteiger partial charge >= 0.3 is 0 Å². The van der Waals surface area contributed by atoms with Crippen LogP contribution in [0.15, 0.2) is 52.3 Å². The Morgan fingerprint density at radius 3 is 2.45 bits per heavy atom. The first kappa shape index (κ1) is 15.7. The molecule has 1 nitrogen and oxygen atoms in total. The Morgan fingerprint density at radius 2 is 1.80 bits per heavy atom. The lowest BCUT2D eigenvalue weighted by Crippen LogP contribution is -2.13.